The van der Waals surface area contributed by atoms with E-state index in [1.165, 1.54) is 0 Å². The average molecular weight is 442 g/mol. The molecule has 0 amide bonds. The molecule has 1 saturated heterocycles. The molecule has 30 heavy (non-hydrogen) atoms. The quantitative estimate of drug-likeness (QED) is 0.763. The first-order valence-electron chi connectivity index (χ1n) is 9.67. The second-order valence-corrected chi connectivity index (χ2v) is 9.97. The molecule has 0 atom stereocenters. The highest BCUT2D eigenvalue weighted by Gasteiger charge is 2.31. The molecule has 9 heteroatoms. The zero-order valence-corrected chi connectivity index (χ0v) is 18.0. The van der Waals surface area contributed by atoms with Gasteiger partial charge < -0.3 is 4.90 Å². The van der Waals surface area contributed by atoms with Crippen LogP contribution in [0.1, 0.15) is 26.3 Å². The fourth-order valence-electron chi connectivity index (χ4n) is 3.48. The van der Waals surface area contributed by atoms with E-state index in [0.717, 1.165) is 56.1 Å². The minimum atomic E-state index is -4.52. The lowest BCUT2D eigenvalue weighted by molar-refractivity contribution is -0.137. The number of para-hydroxylation sites is 2. The van der Waals surface area contributed by atoms with Crippen LogP contribution >= 0.6 is 0 Å². The van der Waals surface area contributed by atoms with Gasteiger partial charge in [0.15, 0.2) is 0 Å². The van der Waals surface area contributed by atoms with Crippen LogP contribution in [0.4, 0.5) is 24.5 Å². The van der Waals surface area contributed by atoms with Crippen LogP contribution in [0.25, 0.3) is 0 Å². The zero-order chi connectivity index (χ0) is 22.2. The molecule has 1 aliphatic rings. The van der Waals surface area contributed by atoms with E-state index in [-0.39, 0.29) is 10.4 Å². The van der Waals surface area contributed by atoms with E-state index in [0.29, 0.717) is 5.69 Å². The summed E-state index contributed by atoms with van der Waals surface area (Å²) in [5.41, 5.74) is 0.331. The molecule has 1 aliphatic heterocycles. The van der Waals surface area contributed by atoms with Crippen molar-refractivity contribution in [3.8, 4) is 0 Å². The van der Waals surface area contributed by atoms with E-state index < -0.39 is 21.8 Å². The smallest absolute Gasteiger partial charge is 0.367 e. The maximum atomic E-state index is 12.8. The monoisotopic (exact) mass is 441 g/mol. The van der Waals surface area contributed by atoms with Crippen molar-refractivity contribution in [2.75, 3.05) is 35.8 Å². The largest absolute Gasteiger partial charge is 0.416 e. The van der Waals surface area contributed by atoms with Crippen molar-refractivity contribution in [1.29, 1.82) is 0 Å². The van der Waals surface area contributed by atoms with Crippen LogP contribution < -0.4 is 9.62 Å². The molecule has 0 spiro atoms. The molecule has 5 nitrogen and oxygen atoms in total. The van der Waals surface area contributed by atoms with Gasteiger partial charge in [-0.15, -0.1) is 0 Å². The van der Waals surface area contributed by atoms with Gasteiger partial charge in [0.2, 0.25) is 0 Å². The summed E-state index contributed by atoms with van der Waals surface area (Å²) in [6.07, 6.45) is -4.52. The standard InChI is InChI=1S/C21H26F3N3O2S/c1-20(2,3)27-14-12-26(13-15-27)19-7-5-4-6-18(19)25-30(28,29)17-10-8-16(9-11-17)21(22,23)24/h4-11,25H,12-15H2,1-3H3. The number of benzene rings is 2. The van der Waals surface area contributed by atoms with Crippen LogP contribution in [0.15, 0.2) is 53.4 Å². The molecule has 1 N–H and O–H groups in total. The number of anilines is 2. The highest BCUT2D eigenvalue weighted by molar-refractivity contribution is 7.92. The summed E-state index contributed by atoms with van der Waals surface area (Å²) in [4.78, 5) is 4.27. The lowest BCUT2D eigenvalue weighted by atomic mass is 10.0. The summed E-state index contributed by atoms with van der Waals surface area (Å²) in [7, 11) is -4.03. The van der Waals surface area contributed by atoms with Crippen molar-refractivity contribution in [2.24, 2.45) is 0 Å². The van der Waals surface area contributed by atoms with E-state index in [1.807, 2.05) is 12.1 Å². The van der Waals surface area contributed by atoms with E-state index in [1.54, 1.807) is 12.1 Å². The summed E-state index contributed by atoms with van der Waals surface area (Å²) in [5, 5.41) is 0. The fourth-order valence-corrected chi connectivity index (χ4v) is 4.55. The third-order valence-electron chi connectivity index (χ3n) is 5.21. The normalized spacial score (nSPS) is 16.5. The number of nitrogens with one attached hydrogen (secondary N) is 1. The predicted octanol–water partition coefficient (Wildman–Crippen LogP) is 4.43. The summed E-state index contributed by atoms with van der Waals surface area (Å²) < 4.78 is 66.3. The Morgan fingerprint density at radius 3 is 1.97 bits per heavy atom. The van der Waals surface area contributed by atoms with E-state index in [9.17, 15) is 21.6 Å². The second kappa shape index (κ2) is 8.11. The first-order valence-corrected chi connectivity index (χ1v) is 11.2. The number of rotatable bonds is 4. The highest BCUT2D eigenvalue weighted by Crippen LogP contribution is 2.32. The molecular weight excluding hydrogens is 415 g/mol. The maximum absolute atomic E-state index is 12.8. The molecular formula is C21H26F3N3O2S. The van der Waals surface area contributed by atoms with Gasteiger partial charge in [0.05, 0.1) is 21.8 Å². The van der Waals surface area contributed by atoms with Gasteiger partial charge in [0.1, 0.15) is 0 Å². The van der Waals surface area contributed by atoms with Gasteiger partial charge in [-0.05, 0) is 57.2 Å². The van der Waals surface area contributed by atoms with Crippen LogP contribution in [0.2, 0.25) is 0 Å². The van der Waals surface area contributed by atoms with Crippen molar-refractivity contribution in [2.45, 2.75) is 37.4 Å². The van der Waals surface area contributed by atoms with Crippen molar-refractivity contribution in [1.82, 2.24) is 4.90 Å². The Balaban J connectivity index is 1.79. The highest BCUT2D eigenvalue weighted by atomic mass is 32.2. The molecule has 0 unspecified atom stereocenters. The fraction of sp³-hybridized carbons (Fsp3) is 0.429. The predicted molar refractivity (Wildman–Crippen MR) is 112 cm³/mol. The summed E-state index contributed by atoms with van der Waals surface area (Å²) >= 11 is 0. The molecule has 0 aliphatic carbocycles. The van der Waals surface area contributed by atoms with Crippen molar-refractivity contribution < 1.29 is 21.6 Å². The second-order valence-electron chi connectivity index (χ2n) is 8.29. The van der Waals surface area contributed by atoms with Gasteiger partial charge in [-0.2, -0.15) is 13.2 Å². The van der Waals surface area contributed by atoms with Crippen LogP contribution in [0.3, 0.4) is 0 Å². The molecule has 2 aromatic rings. The number of piperazine rings is 1. The third kappa shape index (κ3) is 5.07. The number of hydrogen-bond donors (Lipinski definition) is 1. The van der Waals surface area contributed by atoms with Crippen LogP contribution in [0.5, 0.6) is 0 Å². The number of hydrogen-bond acceptors (Lipinski definition) is 4. The molecule has 2 aromatic carbocycles. The van der Waals surface area contributed by atoms with E-state index in [4.69, 9.17) is 0 Å². The number of halogens is 3. The Kier molecular flexibility index (Phi) is 6.06. The molecule has 0 bridgehead atoms. The van der Waals surface area contributed by atoms with E-state index in [2.05, 4.69) is 35.3 Å². The molecule has 164 valence electrons. The van der Waals surface area contributed by atoms with Crippen molar-refractivity contribution in [3.63, 3.8) is 0 Å². The molecule has 3 rings (SSSR count). The SMILES string of the molecule is CC(C)(C)N1CCN(c2ccccc2NS(=O)(=O)c2ccc(C(F)(F)F)cc2)CC1. The van der Waals surface area contributed by atoms with Crippen LogP contribution in [-0.4, -0.2) is 45.0 Å². The number of sulfonamides is 1. The van der Waals surface area contributed by atoms with Crippen LogP contribution in [-0.2, 0) is 16.2 Å². The lowest BCUT2D eigenvalue weighted by Crippen LogP contribution is -2.53. The van der Waals surface area contributed by atoms with Crippen molar-refractivity contribution >= 4 is 21.4 Å². The molecule has 1 heterocycles. The van der Waals surface area contributed by atoms with E-state index >= 15 is 0 Å². The first-order chi connectivity index (χ1) is 13.9. The molecule has 0 saturated carbocycles. The van der Waals surface area contributed by atoms with Gasteiger partial charge in [-0.3, -0.25) is 9.62 Å². The van der Waals surface area contributed by atoms with Gasteiger partial charge in [0.25, 0.3) is 10.0 Å². The number of alkyl halides is 3. The summed E-state index contributed by atoms with van der Waals surface area (Å²) in [5.74, 6) is 0. The third-order valence-corrected chi connectivity index (χ3v) is 6.59. The minimum Gasteiger partial charge on any atom is -0.367 e. The first kappa shape index (κ1) is 22.4. The average Bonchev–Trinajstić information content (AvgIpc) is 2.67. The topological polar surface area (TPSA) is 52.6 Å². The summed E-state index contributed by atoms with van der Waals surface area (Å²) in [6, 6.07) is 10.5. The Labute approximate surface area is 175 Å². The number of nitrogens with zero attached hydrogens (tertiary/aromatic N) is 2. The van der Waals surface area contributed by atoms with Gasteiger partial charge in [-0.1, -0.05) is 12.1 Å². The maximum Gasteiger partial charge on any atom is 0.416 e. The van der Waals surface area contributed by atoms with Gasteiger partial charge in [0, 0.05) is 31.7 Å². The Hall–Kier alpha value is -2.26. The lowest BCUT2D eigenvalue weighted by Gasteiger charge is -2.43. The zero-order valence-electron chi connectivity index (χ0n) is 17.2. The van der Waals surface area contributed by atoms with Crippen molar-refractivity contribution in [3.05, 3.63) is 54.1 Å². The molecule has 1 fully saturated rings. The molecule has 0 radical (unpaired) electrons. The van der Waals surface area contributed by atoms with Gasteiger partial charge in [-0.25, -0.2) is 8.42 Å². The Bertz CT molecular complexity index is 976. The summed E-state index contributed by atoms with van der Waals surface area (Å²) in [6.45, 7) is 9.68. The van der Waals surface area contributed by atoms with Crippen LogP contribution in [0, 0.1) is 0 Å². The Morgan fingerprint density at radius 1 is 0.867 bits per heavy atom. The van der Waals surface area contributed by atoms with Gasteiger partial charge >= 0.3 is 6.18 Å². The minimum absolute atomic E-state index is 0.0653. The molecule has 0 aromatic heterocycles. The Morgan fingerprint density at radius 2 is 1.43 bits per heavy atom.